The second-order valence-electron chi connectivity index (χ2n) is 8.71. The lowest BCUT2D eigenvalue weighted by molar-refractivity contribution is -0.0712. The summed E-state index contributed by atoms with van der Waals surface area (Å²) in [6.45, 7) is 1.86. The van der Waals surface area contributed by atoms with Crippen LogP contribution in [0.3, 0.4) is 0 Å². The molecule has 2 fully saturated rings. The van der Waals surface area contributed by atoms with Crippen molar-refractivity contribution in [2.75, 3.05) is 19.6 Å². The van der Waals surface area contributed by atoms with Crippen molar-refractivity contribution < 1.29 is 14.3 Å². The van der Waals surface area contributed by atoms with Gasteiger partial charge in [-0.2, -0.15) is 0 Å². The van der Waals surface area contributed by atoms with Gasteiger partial charge in [-0.25, -0.2) is 0 Å². The molecule has 0 saturated carbocycles. The number of carbonyl (C=O) groups excluding carboxylic acids is 2. The number of likely N-dealkylation sites (tertiary alicyclic amines) is 1. The van der Waals surface area contributed by atoms with E-state index in [0.717, 1.165) is 42.0 Å². The standard InChI is InChI=1S/C26H27N3O3/c30-24(23-10-3-4-15-27-23)28-18-20-11-12-26(32-20)13-16-29(17-14-26)25(31)22-9-5-7-19-6-1-2-8-21(19)22/h1-10,15,20H,11-14,16-18H2,(H,28,30)/t20-/m1/s1. The largest absolute Gasteiger partial charge is 0.370 e. The number of ether oxygens (including phenoxy) is 1. The number of hydrogen-bond acceptors (Lipinski definition) is 4. The van der Waals surface area contributed by atoms with Gasteiger partial charge < -0.3 is 15.0 Å². The number of aromatic nitrogens is 1. The van der Waals surface area contributed by atoms with Crippen LogP contribution in [-0.2, 0) is 4.74 Å². The number of nitrogens with zero attached hydrogens (tertiary/aromatic N) is 2. The highest BCUT2D eigenvalue weighted by atomic mass is 16.5. The number of carbonyl (C=O) groups is 2. The fourth-order valence-corrected chi connectivity index (χ4v) is 4.90. The summed E-state index contributed by atoms with van der Waals surface area (Å²) < 4.78 is 6.41. The second kappa shape index (κ2) is 8.71. The van der Waals surface area contributed by atoms with Crippen molar-refractivity contribution in [3.8, 4) is 0 Å². The number of pyridine rings is 1. The Hall–Kier alpha value is -3.25. The van der Waals surface area contributed by atoms with E-state index in [-0.39, 0.29) is 23.5 Å². The molecule has 3 aromatic rings. The zero-order valence-corrected chi connectivity index (χ0v) is 18.0. The summed E-state index contributed by atoms with van der Waals surface area (Å²) in [6, 6.07) is 19.2. The van der Waals surface area contributed by atoms with Crippen molar-refractivity contribution in [3.63, 3.8) is 0 Å². The molecule has 32 heavy (non-hydrogen) atoms. The summed E-state index contributed by atoms with van der Waals surface area (Å²) in [6.07, 6.45) is 5.15. The first-order valence-corrected chi connectivity index (χ1v) is 11.3. The Labute approximate surface area is 187 Å². The van der Waals surface area contributed by atoms with Crippen molar-refractivity contribution in [1.82, 2.24) is 15.2 Å². The molecule has 1 N–H and O–H groups in total. The first-order valence-electron chi connectivity index (χ1n) is 11.3. The lowest BCUT2D eigenvalue weighted by atomic mass is 9.88. The van der Waals surface area contributed by atoms with Crippen molar-refractivity contribution in [2.24, 2.45) is 0 Å². The fraction of sp³-hybridized carbons (Fsp3) is 0.346. The van der Waals surface area contributed by atoms with Crippen LogP contribution in [0.1, 0.15) is 46.5 Å². The summed E-state index contributed by atoms with van der Waals surface area (Å²) in [5.41, 5.74) is 0.998. The van der Waals surface area contributed by atoms with Crippen molar-refractivity contribution in [2.45, 2.75) is 37.4 Å². The fourth-order valence-electron chi connectivity index (χ4n) is 4.90. The Morgan fingerprint density at radius 3 is 2.59 bits per heavy atom. The van der Waals surface area contributed by atoms with Crippen LogP contribution >= 0.6 is 0 Å². The SMILES string of the molecule is O=C(NC[C@H]1CCC2(CCN(C(=O)c3cccc4ccccc34)CC2)O1)c1ccccn1. The Balaban J connectivity index is 1.17. The quantitative estimate of drug-likeness (QED) is 0.685. The van der Waals surface area contributed by atoms with E-state index in [2.05, 4.69) is 10.3 Å². The molecule has 2 aromatic carbocycles. The first kappa shape index (κ1) is 20.6. The van der Waals surface area contributed by atoms with Crippen LogP contribution in [0.4, 0.5) is 0 Å². The molecule has 2 aliphatic rings. The Morgan fingerprint density at radius 1 is 1.00 bits per heavy atom. The van der Waals surface area contributed by atoms with Gasteiger partial charge in [0.1, 0.15) is 5.69 Å². The monoisotopic (exact) mass is 429 g/mol. The molecule has 6 heteroatoms. The summed E-state index contributed by atoms with van der Waals surface area (Å²) >= 11 is 0. The van der Waals surface area contributed by atoms with Crippen LogP contribution in [0, 0.1) is 0 Å². The minimum Gasteiger partial charge on any atom is -0.370 e. The smallest absolute Gasteiger partial charge is 0.269 e. The van der Waals surface area contributed by atoms with Gasteiger partial charge in [0.2, 0.25) is 0 Å². The summed E-state index contributed by atoms with van der Waals surface area (Å²) in [4.78, 5) is 31.5. The van der Waals surface area contributed by atoms with Gasteiger partial charge in [-0.3, -0.25) is 14.6 Å². The molecule has 1 aromatic heterocycles. The maximum atomic E-state index is 13.2. The van der Waals surface area contributed by atoms with E-state index in [9.17, 15) is 9.59 Å². The van der Waals surface area contributed by atoms with Crippen molar-refractivity contribution >= 4 is 22.6 Å². The molecular weight excluding hydrogens is 402 g/mol. The molecule has 3 heterocycles. The van der Waals surface area contributed by atoms with E-state index in [0.29, 0.717) is 25.3 Å². The minimum absolute atomic E-state index is 0.00276. The average Bonchev–Trinajstić information content (AvgIpc) is 3.25. The predicted octanol–water partition coefficient (Wildman–Crippen LogP) is 3.82. The van der Waals surface area contributed by atoms with Gasteiger partial charge in [0.15, 0.2) is 0 Å². The molecule has 0 bridgehead atoms. The molecule has 0 unspecified atom stereocenters. The Bertz CT molecular complexity index is 1120. The highest BCUT2D eigenvalue weighted by Crippen LogP contribution is 2.39. The first-order chi connectivity index (χ1) is 15.6. The van der Waals surface area contributed by atoms with Gasteiger partial charge in [0, 0.05) is 31.4 Å². The van der Waals surface area contributed by atoms with E-state index in [1.807, 2.05) is 47.4 Å². The number of benzene rings is 2. The maximum Gasteiger partial charge on any atom is 0.269 e. The van der Waals surface area contributed by atoms with Crippen molar-refractivity contribution in [3.05, 3.63) is 78.1 Å². The molecule has 5 rings (SSSR count). The predicted molar refractivity (Wildman–Crippen MR) is 122 cm³/mol. The number of nitrogens with one attached hydrogen (secondary N) is 1. The molecule has 2 amide bonds. The topological polar surface area (TPSA) is 71.5 Å². The normalized spacial score (nSPS) is 19.9. The Kier molecular flexibility index (Phi) is 5.62. The molecule has 2 saturated heterocycles. The molecule has 1 atom stereocenters. The highest BCUT2D eigenvalue weighted by molar-refractivity contribution is 6.07. The van der Waals surface area contributed by atoms with Crippen LogP contribution in [-0.4, -0.2) is 53.0 Å². The van der Waals surface area contributed by atoms with Gasteiger partial charge in [-0.1, -0.05) is 42.5 Å². The van der Waals surface area contributed by atoms with Gasteiger partial charge in [-0.15, -0.1) is 0 Å². The van der Waals surface area contributed by atoms with Crippen LogP contribution < -0.4 is 5.32 Å². The van der Waals surface area contributed by atoms with Crippen LogP contribution in [0.2, 0.25) is 0 Å². The van der Waals surface area contributed by atoms with E-state index in [1.165, 1.54) is 0 Å². The van der Waals surface area contributed by atoms with E-state index < -0.39 is 0 Å². The molecule has 0 aliphatic carbocycles. The molecule has 2 aliphatic heterocycles. The van der Waals surface area contributed by atoms with Crippen LogP contribution in [0.25, 0.3) is 10.8 Å². The second-order valence-corrected chi connectivity index (χ2v) is 8.71. The molecule has 6 nitrogen and oxygen atoms in total. The highest BCUT2D eigenvalue weighted by Gasteiger charge is 2.43. The third-order valence-corrected chi connectivity index (χ3v) is 6.71. The van der Waals surface area contributed by atoms with Gasteiger partial charge >= 0.3 is 0 Å². The van der Waals surface area contributed by atoms with Crippen molar-refractivity contribution in [1.29, 1.82) is 0 Å². The van der Waals surface area contributed by atoms with E-state index in [4.69, 9.17) is 4.74 Å². The van der Waals surface area contributed by atoms with E-state index >= 15 is 0 Å². The van der Waals surface area contributed by atoms with Gasteiger partial charge in [0.25, 0.3) is 11.8 Å². The molecule has 164 valence electrons. The summed E-state index contributed by atoms with van der Waals surface area (Å²) in [5.74, 6) is -0.0838. The zero-order valence-electron chi connectivity index (χ0n) is 18.0. The number of hydrogen-bond donors (Lipinski definition) is 1. The van der Waals surface area contributed by atoms with Gasteiger partial charge in [-0.05, 0) is 54.7 Å². The third kappa shape index (κ3) is 4.10. The maximum absolute atomic E-state index is 13.2. The number of rotatable bonds is 4. The lowest BCUT2D eigenvalue weighted by Gasteiger charge is -2.39. The molecule has 1 spiro atoms. The van der Waals surface area contributed by atoms with E-state index in [1.54, 1.807) is 24.4 Å². The average molecular weight is 430 g/mol. The van der Waals surface area contributed by atoms with Crippen LogP contribution in [0.15, 0.2) is 66.9 Å². The zero-order chi connectivity index (χ0) is 22.0. The van der Waals surface area contributed by atoms with Crippen LogP contribution in [0.5, 0.6) is 0 Å². The minimum atomic E-state index is -0.185. The number of amides is 2. The number of fused-ring (bicyclic) bond motifs is 1. The Morgan fingerprint density at radius 2 is 1.78 bits per heavy atom. The molecule has 0 radical (unpaired) electrons. The summed E-state index contributed by atoms with van der Waals surface area (Å²) in [5, 5.41) is 5.02. The van der Waals surface area contributed by atoms with Gasteiger partial charge in [0.05, 0.1) is 11.7 Å². The number of piperidine rings is 1. The summed E-state index contributed by atoms with van der Waals surface area (Å²) in [7, 11) is 0. The lowest BCUT2D eigenvalue weighted by Crippen LogP contribution is -2.47. The molecular formula is C26H27N3O3. The third-order valence-electron chi connectivity index (χ3n) is 6.71.